The molecule has 1 aliphatic rings. The van der Waals surface area contributed by atoms with Gasteiger partial charge in [0.15, 0.2) is 0 Å². The number of benzene rings is 2. The molecule has 0 aliphatic heterocycles. The highest BCUT2D eigenvalue weighted by atomic mass is 32.2. The molecule has 31 heavy (non-hydrogen) atoms. The van der Waals surface area contributed by atoms with Crippen LogP contribution in [0.4, 0.5) is 11.4 Å². The second-order valence-electron chi connectivity index (χ2n) is 7.18. The third kappa shape index (κ3) is 4.92. The fourth-order valence-corrected chi connectivity index (χ4v) is 4.95. The number of nitro benzene ring substituents is 1. The van der Waals surface area contributed by atoms with Gasteiger partial charge in [-0.1, -0.05) is 12.1 Å². The molecule has 0 unspecified atom stereocenters. The zero-order valence-corrected chi connectivity index (χ0v) is 17.9. The second kappa shape index (κ2) is 8.48. The monoisotopic (exact) mass is 457 g/mol. The van der Waals surface area contributed by atoms with E-state index in [1.165, 1.54) is 30.3 Å². The van der Waals surface area contributed by atoms with Crippen LogP contribution in [-0.2, 0) is 16.6 Å². The van der Waals surface area contributed by atoms with Crippen molar-refractivity contribution in [2.75, 3.05) is 4.72 Å². The third-order valence-corrected chi connectivity index (χ3v) is 7.12. The summed E-state index contributed by atoms with van der Waals surface area (Å²) < 4.78 is 27.5. The lowest BCUT2D eigenvalue weighted by Crippen LogP contribution is -2.32. The van der Waals surface area contributed by atoms with Crippen LogP contribution >= 0.6 is 11.3 Å². The largest absolute Gasteiger partial charge is 0.331 e. The molecule has 1 amide bonds. The van der Waals surface area contributed by atoms with Gasteiger partial charge in [-0.2, -0.15) is 0 Å². The molecule has 1 aliphatic carbocycles. The lowest BCUT2D eigenvalue weighted by Gasteiger charge is -2.22. The summed E-state index contributed by atoms with van der Waals surface area (Å²) in [6, 6.07) is 15.2. The number of rotatable bonds is 8. The van der Waals surface area contributed by atoms with Crippen LogP contribution < -0.4 is 4.72 Å². The number of thiophene rings is 1. The molecule has 0 atom stereocenters. The molecule has 2 aromatic carbocycles. The van der Waals surface area contributed by atoms with Crippen molar-refractivity contribution >= 4 is 38.6 Å². The molecule has 3 aromatic rings. The van der Waals surface area contributed by atoms with Crippen LogP contribution in [0.2, 0.25) is 0 Å². The molecule has 10 heteroatoms. The minimum absolute atomic E-state index is 0.0935. The van der Waals surface area contributed by atoms with Crippen LogP contribution in [0.15, 0.2) is 70.9 Å². The van der Waals surface area contributed by atoms with Crippen molar-refractivity contribution in [3.63, 3.8) is 0 Å². The number of nitrogens with one attached hydrogen (secondary N) is 1. The summed E-state index contributed by atoms with van der Waals surface area (Å²) in [6.45, 7) is 0.558. The van der Waals surface area contributed by atoms with Gasteiger partial charge >= 0.3 is 0 Å². The molecule has 0 spiro atoms. The maximum atomic E-state index is 13.0. The average Bonchev–Trinajstić information content (AvgIpc) is 3.47. The van der Waals surface area contributed by atoms with Gasteiger partial charge in [0, 0.05) is 34.3 Å². The molecule has 1 aromatic heterocycles. The Hall–Kier alpha value is -3.24. The van der Waals surface area contributed by atoms with Gasteiger partial charge in [-0.25, -0.2) is 8.42 Å². The molecule has 160 valence electrons. The standard InChI is InChI=1S/C21H19N3O5S2/c25-21(23(17-10-11-17)14-19-4-2-12-30-19)15-6-8-16(9-7-15)22-31(28,29)20-5-1-3-18(13-20)24(26)27/h1-9,12-13,17,22H,10-11,14H2. The lowest BCUT2D eigenvalue weighted by atomic mass is 10.1. The number of sulfonamides is 1. The summed E-state index contributed by atoms with van der Waals surface area (Å²) in [7, 11) is -4.00. The summed E-state index contributed by atoms with van der Waals surface area (Å²) in [4.78, 5) is 26.0. The number of carbonyl (C=O) groups excluding carboxylic acids is 1. The third-order valence-electron chi connectivity index (χ3n) is 4.88. The van der Waals surface area contributed by atoms with Gasteiger partial charge in [-0.3, -0.25) is 19.6 Å². The molecule has 4 rings (SSSR count). The Morgan fingerprint density at radius 1 is 1.13 bits per heavy atom. The smallest absolute Gasteiger partial charge is 0.270 e. The zero-order valence-electron chi connectivity index (χ0n) is 16.3. The van der Waals surface area contributed by atoms with Crippen LogP contribution in [0.1, 0.15) is 28.1 Å². The normalized spacial score (nSPS) is 13.5. The molecule has 8 nitrogen and oxygen atoms in total. The van der Waals surface area contributed by atoms with Crippen LogP contribution in [0.3, 0.4) is 0 Å². The summed E-state index contributed by atoms with van der Waals surface area (Å²) in [5.74, 6) is -0.0935. The van der Waals surface area contributed by atoms with Gasteiger partial charge in [0.2, 0.25) is 0 Å². The fourth-order valence-electron chi connectivity index (χ4n) is 3.15. The maximum Gasteiger partial charge on any atom is 0.270 e. The van der Waals surface area contributed by atoms with Crippen LogP contribution in [0, 0.1) is 10.1 Å². The highest BCUT2D eigenvalue weighted by Crippen LogP contribution is 2.31. The number of amides is 1. The topological polar surface area (TPSA) is 110 Å². The molecule has 0 radical (unpaired) electrons. The minimum atomic E-state index is -4.00. The number of nitro groups is 1. The first-order valence-electron chi connectivity index (χ1n) is 9.54. The van der Waals surface area contributed by atoms with Gasteiger partial charge in [-0.05, 0) is 54.6 Å². The van der Waals surface area contributed by atoms with E-state index in [2.05, 4.69) is 4.72 Å². The van der Waals surface area contributed by atoms with Gasteiger partial charge in [0.25, 0.3) is 21.6 Å². The van der Waals surface area contributed by atoms with Crippen molar-refractivity contribution in [3.05, 3.63) is 86.6 Å². The van der Waals surface area contributed by atoms with Gasteiger partial charge in [-0.15, -0.1) is 11.3 Å². The van der Waals surface area contributed by atoms with Gasteiger partial charge in [0.1, 0.15) is 0 Å². The van der Waals surface area contributed by atoms with Crippen molar-refractivity contribution in [3.8, 4) is 0 Å². The highest BCUT2D eigenvalue weighted by molar-refractivity contribution is 7.92. The van der Waals surface area contributed by atoms with Crippen LogP contribution in [0.25, 0.3) is 0 Å². The van der Waals surface area contributed by atoms with E-state index in [0.29, 0.717) is 12.1 Å². The number of hydrogen-bond donors (Lipinski definition) is 1. The van der Waals surface area contributed by atoms with Gasteiger partial charge in [0.05, 0.1) is 16.4 Å². The highest BCUT2D eigenvalue weighted by Gasteiger charge is 2.33. The first-order valence-corrected chi connectivity index (χ1v) is 11.9. The second-order valence-corrected chi connectivity index (χ2v) is 9.90. The molecular formula is C21H19N3O5S2. The number of anilines is 1. The predicted octanol–water partition coefficient (Wildman–Crippen LogP) is 4.26. The van der Waals surface area contributed by atoms with E-state index < -0.39 is 14.9 Å². The Morgan fingerprint density at radius 2 is 1.87 bits per heavy atom. The zero-order chi connectivity index (χ0) is 22.0. The van der Waals surface area contributed by atoms with E-state index in [1.807, 2.05) is 22.4 Å². The van der Waals surface area contributed by atoms with E-state index in [0.717, 1.165) is 23.8 Å². The molecule has 0 saturated heterocycles. The summed E-state index contributed by atoms with van der Waals surface area (Å²) in [5.41, 5.74) is 0.427. The summed E-state index contributed by atoms with van der Waals surface area (Å²) >= 11 is 1.61. The number of hydrogen-bond acceptors (Lipinski definition) is 6. The van der Waals surface area contributed by atoms with E-state index in [4.69, 9.17) is 0 Å². The van der Waals surface area contributed by atoms with Crippen LogP contribution in [0.5, 0.6) is 0 Å². The Balaban J connectivity index is 1.49. The summed E-state index contributed by atoms with van der Waals surface area (Å²) in [5, 5.41) is 12.9. The first-order chi connectivity index (χ1) is 14.8. The molecular weight excluding hydrogens is 438 g/mol. The first kappa shape index (κ1) is 21.0. The molecule has 1 saturated carbocycles. The van der Waals surface area contributed by atoms with E-state index in [9.17, 15) is 23.3 Å². The lowest BCUT2D eigenvalue weighted by molar-refractivity contribution is -0.385. The maximum absolute atomic E-state index is 13.0. The number of carbonyl (C=O) groups is 1. The Morgan fingerprint density at radius 3 is 2.48 bits per heavy atom. The Bertz CT molecular complexity index is 1200. The summed E-state index contributed by atoms with van der Waals surface area (Å²) in [6.07, 6.45) is 1.97. The van der Waals surface area contributed by atoms with Gasteiger partial charge < -0.3 is 4.90 Å². The van der Waals surface area contributed by atoms with Crippen molar-refractivity contribution in [2.45, 2.75) is 30.3 Å². The minimum Gasteiger partial charge on any atom is -0.331 e. The predicted molar refractivity (Wildman–Crippen MR) is 118 cm³/mol. The van der Waals surface area contributed by atoms with Crippen molar-refractivity contribution in [1.29, 1.82) is 0 Å². The van der Waals surface area contributed by atoms with E-state index >= 15 is 0 Å². The van der Waals surface area contributed by atoms with Crippen LogP contribution in [-0.4, -0.2) is 30.2 Å². The van der Waals surface area contributed by atoms with Crippen molar-refractivity contribution in [2.24, 2.45) is 0 Å². The molecule has 1 fully saturated rings. The van der Waals surface area contributed by atoms with Crippen molar-refractivity contribution in [1.82, 2.24) is 4.90 Å². The molecule has 1 heterocycles. The fraction of sp³-hybridized carbons (Fsp3) is 0.190. The number of nitrogens with zero attached hydrogens (tertiary/aromatic N) is 2. The Kier molecular flexibility index (Phi) is 5.75. The van der Waals surface area contributed by atoms with Crippen molar-refractivity contribution < 1.29 is 18.1 Å². The average molecular weight is 458 g/mol. The Labute approximate surface area is 183 Å². The number of non-ortho nitro benzene ring substituents is 1. The SMILES string of the molecule is O=C(c1ccc(NS(=O)(=O)c2cccc([N+](=O)[O-])c2)cc1)N(Cc1cccs1)C1CC1. The molecule has 0 bridgehead atoms. The van der Waals surface area contributed by atoms with E-state index in [1.54, 1.807) is 23.5 Å². The molecule has 1 N–H and O–H groups in total. The quantitative estimate of drug-likeness (QED) is 0.401. The van der Waals surface area contributed by atoms with E-state index in [-0.39, 0.29) is 28.2 Å².